The zero-order valence-corrected chi connectivity index (χ0v) is 24.6. The monoisotopic (exact) mass is 575 g/mol. The number of nitrogens with one attached hydrogen (secondary N) is 2. The lowest BCUT2D eigenvalue weighted by molar-refractivity contribution is -0.149. The van der Waals surface area contributed by atoms with Gasteiger partial charge < -0.3 is 20.9 Å². The third-order valence-electron chi connectivity index (χ3n) is 6.70. The van der Waals surface area contributed by atoms with Crippen molar-refractivity contribution in [3.05, 3.63) is 47.7 Å². The molecule has 0 aliphatic carbocycles. The van der Waals surface area contributed by atoms with Crippen molar-refractivity contribution in [3.8, 4) is 0 Å². The molecule has 1 aliphatic heterocycles. The van der Waals surface area contributed by atoms with Gasteiger partial charge in [0.1, 0.15) is 18.2 Å². The highest BCUT2D eigenvalue weighted by molar-refractivity contribution is 5.89. The number of halogens is 1. The second-order valence-electron chi connectivity index (χ2n) is 10.7. The van der Waals surface area contributed by atoms with Crippen molar-refractivity contribution in [2.75, 3.05) is 13.2 Å². The average molecular weight is 576 g/mol. The molecule has 5 N–H and O–H groups in total. The van der Waals surface area contributed by atoms with Crippen molar-refractivity contribution in [2.24, 2.45) is 17.6 Å². The van der Waals surface area contributed by atoms with Gasteiger partial charge in [-0.25, -0.2) is 5.43 Å². The van der Waals surface area contributed by atoms with Crippen LogP contribution in [-0.2, 0) is 19.1 Å². The van der Waals surface area contributed by atoms with Crippen molar-refractivity contribution < 1.29 is 24.2 Å². The smallest absolute Gasteiger partial charge is 0.322 e. The van der Waals surface area contributed by atoms with Crippen LogP contribution >= 0.6 is 12.4 Å². The molecule has 2 amide bonds. The number of aromatic nitrogens is 1. The predicted octanol–water partition coefficient (Wildman–Crippen LogP) is 3.45. The van der Waals surface area contributed by atoms with E-state index in [-0.39, 0.29) is 42.1 Å². The second kappa shape index (κ2) is 15.1. The molecule has 1 fully saturated rings. The summed E-state index contributed by atoms with van der Waals surface area (Å²) in [5.41, 5.74) is 11.4. The number of carbonyl (C=O) groups is 3. The Morgan fingerprint density at radius 3 is 2.55 bits per heavy atom. The SMILES string of the molecule is CC(/C=C/c1ccc2ccc([C@@H](C)N)nc2c1)CO[C@H](C(=O)N[C@@H](C)C(=O)N1CCC[C@@H](C(=O)O)N1)C(C)C.Cl. The summed E-state index contributed by atoms with van der Waals surface area (Å²) >= 11 is 0. The number of rotatable bonds is 11. The van der Waals surface area contributed by atoms with Gasteiger partial charge >= 0.3 is 5.97 Å². The molecule has 0 saturated carbocycles. The van der Waals surface area contributed by atoms with Crippen LogP contribution in [0.1, 0.15) is 64.8 Å². The van der Waals surface area contributed by atoms with Crippen LogP contribution in [0.15, 0.2) is 36.4 Å². The van der Waals surface area contributed by atoms with Crippen LogP contribution in [0.2, 0.25) is 0 Å². The number of nitrogens with two attached hydrogens (primary N) is 1. The number of pyridine rings is 1. The van der Waals surface area contributed by atoms with Gasteiger partial charge in [0.25, 0.3) is 5.91 Å². The molecule has 1 saturated heterocycles. The summed E-state index contributed by atoms with van der Waals surface area (Å²) in [6.45, 7) is 9.99. The minimum Gasteiger partial charge on any atom is -0.480 e. The van der Waals surface area contributed by atoms with E-state index in [2.05, 4.69) is 15.7 Å². The van der Waals surface area contributed by atoms with Crippen LogP contribution in [0.5, 0.6) is 0 Å². The van der Waals surface area contributed by atoms with E-state index in [0.717, 1.165) is 22.2 Å². The van der Waals surface area contributed by atoms with Crippen molar-refractivity contribution in [1.82, 2.24) is 20.7 Å². The highest BCUT2D eigenvalue weighted by Crippen LogP contribution is 2.19. The van der Waals surface area contributed by atoms with E-state index in [1.54, 1.807) is 6.92 Å². The standard InChI is InChI=1S/C29H41N5O5.ClH/c1-17(2)26(27(35)31-20(5)28(36)34-14-6-7-24(33-34)29(37)38)39-16-18(3)8-9-21-10-11-22-12-13-23(19(4)30)32-25(22)15-21;/h8-13,15,17-20,24,26,33H,6-7,14,16,30H2,1-5H3,(H,31,35)(H,37,38);1H/b9-8+;/t18?,19-,20+,24+,26+;/m1./s1. The zero-order valence-electron chi connectivity index (χ0n) is 23.8. The number of carboxylic acid groups (broad SMARTS) is 1. The van der Waals surface area contributed by atoms with Crippen LogP contribution in [0.4, 0.5) is 0 Å². The van der Waals surface area contributed by atoms with Crippen LogP contribution in [-0.4, -0.2) is 64.2 Å². The number of carboxylic acids is 1. The highest BCUT2D eigenvalue weighted by atomic mass is 35.5. The number of nitrogens with zero attached hydrogens (tertiary/aromatic N) is 2. The third-order valence-corrected chi connectivity index (χ3v) is 6.70. The number of benzene rings is 1. The van der Waals surface area contributed by atoms with Gasteiger partial charge in [-0.3, -0.25) is 24.4 Å². The largest absolute Gasteiger partial charge is 0.480 e. The van der Waals surface area contributed by atoms with Crippen molar-refractivity contribution >= 4 is 47.2 Å². The number of hydrogen-bond donors (Lipinski definition) is 4. The number of ether oxygens (including phenoxy) is 1. The van der Waals surface area contributed by atoms with Gasteiger partial charge in [0.05, 0.1) is 17.8 Å². The van der Waals surface area contributed by atoms with E-state index < -0.39 is 24.2 Å². The number of carbonyl (C=O) groups excluding carboxylic acids is 2. The van der Waals surface area contributed by atoms with E-state index in [0.29, 0.717) is 26.0 Å². The van der Waals surface area contributed by atoms with Crippen molar-refractivity contribution in [3.63, 3.8) is 0 Å². The van der Waals surface area contributed by atoms with Gasteiger partial charge in [0.15, 0.2) is 0 Å². The lowest BCUT2D eigenvalue weighted by Gasteiger charge is -2.34. The Labute approximate surface area is 242 Å². The van der Waals surface area contributed by atoms with Gasteiger partial charge in [0.2, 0.25) is 5.91 Å². The molecule has 1 aliphatic rings. The Bertz CT molecular complexity index is 1200. The molecule has 0 radical (unpaired) electrons. The summed E-state index contributed by atoms with van der Waals surface area (Å²) in [5.74, 6) is -1.85. The summed E-state index contributed by atoms with van der Waals surface area (Å²) in [6.07, 6.45) is 4.32. The molecular formula is C29H42ClN5O5. The quantitative estimate of drug-likeness (QED) is 0.318. The minimum atomic E-state index is -1.01. The Hall–Kier alpha value is -3.05. The molecular weight excluding hydrogens is 534 g/mol. The topological polar surface area (TPSA) is 147 Å². The van der Waals surface area contributed by atoms with Gasteiger partial charge in [-0.15, -0.1) is 12.4 Å². The molecule has 5 atom stereocenters. The third kappa shape index (κ3) is 8.99. The average Bonchev–Trinajstić information content (AvgIpc) is 2.90. The molecule has 1 unspecified atom stereocenters. The molecule has 11 heteroatoms. The maximum absolute atomic E-state index is 13.0. The molecule has 1 aromatic carbocycles. The van der Waals surface area contributed by atoms with E-state index >= 15 is 0 Å². The normalized spacial score (nSPS) is 18.7. The molecule has 2 aromatic rings. The summed E-state index contributed by atoms with van der Waals surface area (Å²) < 4.78 is 5.99. The first-order valence-corrected chi connectivity index (χ1v) is 13.5. The summed E-state index contributed by atoms with van der Waals surface area (Å²) in [7, 11) is 0. The summed E-state index contributed by atoms with van der Waals surface area (Å²) in [5, 5.41) is 14.3. The first-order chi connectivity index (χ1) is 18.5. The maximum Gasteiger partial charge on any atom is 0.322 e. The van der Waals surface area contributed by atoms with E-state index in [1.807, 2.05) is 70.2 Å². The Balaban J connectivity index is 0.00000560. The van der Waals surface area contributed by atoms with Crippen molar-refractivity contribution in [1.29, 1.82) is 0 Å². The molecule has 1 aromatic heterocycles. The van der Waals surface area contributed by atoms with Crippen molar-refractivity contribution in [2.45, 2.75) is 71.7 Å². The lowest BCUT2D eigenvalue weighted by atomic mass is 10.0. The number of amides is 2. The Morgan fingerprint density at radius 1 is 1.20 bits per heavy atom. The van der Waals surface area contributed by atoms with Gasteiger partial charge in [-0.2, -0.15) is 0 Å². The number of fused-ring (bicyclic) bond motifs is 1. The summed E-state index contributed by atoms with van der Waals surface area (Å²) in [4.78, 5) is 41.7. The first-order valence-electron chi connectivity index (χ1n) is 13.5. The van der Waals surface area contributed by atoms with E-state index in [1.165, 1.54) is 5.01 Å². The maximum atomic E-state index is 13.0. The Morgan fingerprint density at radius 2 is 1.90 bits per heavy atom. The number of hydrazine groups is 1. The van der Waals surface area contributed by atoms with E-state index in [4.69, 9.17) is 10.5 Å². The molecule has 10 nitrogen and oxygen atoms in total. The molecule has 0 bridgehead atoms. The minimum absolute atomic E-state index is 0. The van der Waals surface area contributed by atoms with Gasteiger partial charge in [0, 0.05) is 18.0 Å². The fraction of sp³-hybridized carbons (Fsp3) is 0.517. The fourth-order valence-electron chi connectivity index (χ4n) is 4.38. The molecule has 220 valence electrons. The number of hydrogen-bond acceptors (Lipinski definition) is 7. The molecule has 3 rings (SSSR count). The molecule has 0 spiro atoms. The van der Waals surface area contributed by atoms with E-state index in [9.17, 15) is 19.5 Å². The first kappa shape index (κ1) is 33.2. The van der Waals surface area contributed by atoms with Crippen LogP contribution in [0.3, 0.4) is 0 Å². The van der Waals surface area contributed by atoms with Gasteiger partial charge in [-0.1, -0.05) is 51.1 Å². The molecule has 2 heterocycles. The van der Waals surface area contributed by atoms with Crippen LogP contribution in [0, 0.1) is 11.8 Å². The van der Waals surface area contributed by atoms with Crippen LogP contribution in [0.25, 0.3) is 17.0 Å². The lowest BCUT2D eigenvalue weighted by Crippen LogP contribution is -2.60. The predicted molar refractivity (Wildman–Crippen MR) is 157 cm³/mol. The molecule has 40 heavy (non-hydrogen) atoms. The highest BCUT2D eigenvalue weighted by Gasteiger charge is 2.32. The fourth-order valence-corrected chi connectivity index (χ4v) is 4.38. The number of aliphatic carboxylic acids is 1. The second-order valence-corrected chi connectivity index (χ2v) is 10.7. The van der Waals surface area contributed by atoms with Crippen LogP contribution < -0.4 is 16.5 Å². The Kier molecular flexibility index (Phi) is 12.5. The zero-order chi connectivity index (χ0) is 28.7. The van der Waals surface area contributed by atoms with Gasteiger partial charge in [-0.05, 0) is 56.2 Å². The summed E-state index contributed by atoms with van der Waals surface area (Å²) in [6, 6.07) is 8.25.